The van der Waals surface area contributed by atoms with E-state index >= 15 is 0 Å². The first-order valence-corrected chi connectivity index (χ1v) is 22.3. The normalized spacial score (nSPS) is 20.6. The van der Waals surface area contributed by atoms with Crippen LogP contribution in [-0.4, -0.2) is 174 Å². The van der Waals surface area contributed by atoms with Gasteiger partial charge in [0.15, 0.2) is 11.3 Å². The maximum absolute atomic E-state index is 13.2. The number of hydrogen-bond donors (Lipinski definition) is 6. The number of rotatable bonds is 12. The van der Waals surface area contributed by atoms with Crippen LogP contribution < -0.4 is 29.9 Å². The van der Waals surface area contributed by atoms with Crippen LogP contribution in [0, 0.1) is 0 Å². The van der Waals surface area contributed by atoms with E-state index in [9.17, 15) is 30.0 Å². The third-order valence-electron chi connectivity index (χ3n) is 12.7. The van der Waals surface area contributed by atoms with Crippen LogP contribution in [0.4, 0.5) is 22.7 Å². The minimum atomic E-state index is -0.672. The number of carbonyl (C=O) groups is 2. The van der Waals surface area contributed by atoms with Crippen LogP contribution in [0.2, 0.25) is 0 Å². The second-order valence-corrected chi connectivity index (χ2v) is 17.6. The Balaban J connectivity index is 0.000000166. The highest BCUT2D eigenvalue weighted by Gasteiger charge is 2.37. The van der Waals surface area contributed by atoms with Gasteiger partial charge in [0.2, 0.25) is 0 Å². The number of aromatic nitrogens is 6. The molecule has 8 heterocycles. The van der Waals surface area contributed by atoms with Crippen LogP contribution in [0.3, 0.4) is 0 Å². The molecule has 348 valence electrons. The third kappa shape index (κ3) is 9.20. The van der Waals surface area contributed by atoms with Gasteiger partial charge in [0.1, 0.15) is 33.8 Å². The van der Waals surface area contributed by atoms with Crippen molar-refractivity contribution >= 4 is 45.9 Å². The molecular formula is C46H56N12O8. The number of carbonyl (C=O) groups excluding carboxylic acids is 2. The van der Waals surface area contributed by atoms with Crippen molar-refractivity contribution in [2.24, 2.45) is 0 Å². The number of piperazine rings is 2. The Morgan fingerprint density at radius 1 is 0.621 bits per heavy atom. The molecule has 2 fully saturated rings. The molecule has 4 aromatic heterocycles. The lowest BCUT2D eigenvalue weighted by molar-refractivity contribution is 0.0446. The second kappa shape index (κ2) is 18.8. The number of hydrogen-bond acceptors (Lipinski definition) is 16. The molecule has 2 aromatic carbocycles. The Bertz CT molecular complexity index is 2530. The van der Waals surface area contributed by atoms with Crippen LogP contribution in [-0.2, 0) is 12.8 Å². The molecule has 0 saturated carbocycles. The van der Waals surface area contributed by atoms with E-state index in [1.165, 1.54) is 12.4 Å². The monoisotopic (exact) mass is 904 g/mol. The quantitative estimate of drug-likeness (QED) is 0.102. The number of β-amino-alcohol motifs (C(OH)–C–C–N with tert-alkyl or cyclic N) is 2. The van der Waals surface area contributed by atoms with Gasteiger partial charge in [-0.3, -0.25) is 19.4 Å². The van der Waals surface area contributed by atoms with Crippen molar-refractivity contribution in [2.75, 3.05) is 112 Å². The summed E-state index contributed by atoms with van der Waals surface area (Å²) < 4.78 is 15.3. The Labute approximate surface area is 381 Å². The SMILES string of the molecule is C[C@@]1(CO)Cc2cc(NC(=O)c3cnn4cccnc34)c(N3CCN(CCO)CC3)cc2O1.C[C@]1(CO)Cc2cc(NC(=O)c3cnn4cccnc34)c(N3CCN(CCO)CC3)cc2O1. The molecule has 0 spiro atoms. The highest BCUT2D eigenvalue weighted by molar-refractivity contribution is 6.10. The molecule has 2 amide bonds. The fourth-order valence-corrected chi connectivity index (χ4v) is 9.06. The maximum Gasteiger partial charge on any atom is 0.261 e. The largest absolute Gasteiger partial charge is 0.484 e. The molecule has 4 aliphatic rings. The van der Waals surface area contributed by atoms with Crippen molar-refractivity contribution in [3.63, 3.8) is 0 Å². The van der Waals surface area contributed by atoms with E-state index in [2.05, 4.69) is 50.4 Å². The molecule has 20 heteroatoms. The molecule has 10 rings (SSSR count). The van der Waals surface area contributed by atoms with Gasteiger partial charge in [0.25, 0.3) is 11.8 Å². The fourth-order valence-electron chi connectivity index (χ4n) is 9.06. The van der Waals surface area contributed by atoms with Crippen LogP contribution >= 0.6 is 0 Å². The molecule has 0 aliphatic carbocycles. The van der Waals surface area contributed by atoms with E-state index in [1.54, 1.807) is 46.0 Å². The summed E-state index contributed by atoms with van der Waals surface area (Å²) in [6.45, 7) is 11.5. The highest BCUT2D eigenvalue weighted by atomic mass is 16.5. The zero-order valence-electron chi connectivity index (χ0n) is 37.1. The minimum Gasteiger partial charge on any atom is -0.484 e. The van der Waals surface area contributed by atoms with Crippen molar-refractivity contribution in [1.82, 2.24) is 39.0 Å². The molecule has 2 atom stereocenters. The van der Waals surface area contributed by atoms with Gasteiger partial charge in [-0.1, -0.05) is 0 Å². The molecule has 66 heavy (non-hydrogen) atoms. The number of amides is 2. The molecule has 4 aliphatic heterocycles. The smallest absolute Gasteiger partial charge is 0.261 e. The fraction of sp³-hybridized carbons (Fsp3) is 0.435. The van der Waals surface area contributed by atoms with Gasteiger partial charge in [0.05, 0.1) is 61.6 Å². The van der Waals surface area contributed by atoms with E-state index < -0.39 is 11.2 Å². The van der Waals surface area contributed by atoms with Gasteiger partial charge >= 0.3 is 0 Å². The van der Waals surface area contributed by atoms with Gasteiger partial charge in [-0.25, -0.2) is 19.0 Å². The van der Waals surface area contributed by atoms with Crippen molar-refractivity contribution in [3.05, 3.63) is 95.8 Å². The molecule has 0 bridgehead atoms. The van der Waals surface area contributed by atoms with Crippen LogP contribution in [0.1, 0.15) is 45.7 Å². The van der Waals surface area contributed by atoms with Crippen molar-refractivity contribution in [1.29, 1.82) is 0 Å². The van der Waals surface area contributed by atoms with Crippen molar-refractivity contribution < 1.29 is 39.5 Å². The Morgan fingerprint density at radius 2 is 1.03 bits per heavy atom. The topological polar surface area (TPSA) is 231 Å². The number of nitrogens with zero attached hydrogens (tertiary/aromatic N) is 10. The van der Waals surface area contributed by atoms with Crippen LogP contribution in [0.5, 0.6) is 11.5 Å². The molecule has 6 N–H and O–H groups in total. The van der Waals surface area contributed by atoms with E-state index in [4.69, 9.17) is 9.47 Å². The summed E-state index contributed by atoms with van der Waals surface area (Å²) in [7, 11) is 0. The molecule has 0 unspecified atom stereocenters. The summed E-state index contributed by atoms with van der Waals surface area (Å²) in [5.74, 6) is 0.894. The number of benzene rings is 2. The summed E-state index contributed by atoms with van der Waals surface area (Å²) in [5, 5.41) is 52.6. The number of nitrogens with one attached hydrogen (secondary N) is 2. The molecule has 20 nitrogen and oxygen atoms in total. The molecule has 2 saturated heterocycles. The first-order valence-electron chi connectivity index (χ1n) is 22.3. The van der Waals surface area contributed by atoms with Crippen molar-refractivity contribution in [3.8, 4) is 11.5 Å². The zero-order valence-corrected chi connectivity index (χ0v) is 37.1. The zero-order chi connectivity index (χ0) is 46.0. The summed E-state index contributed by atoms with van der Waals surface area (Å²) in [5.41, 5.74) is 5.45. The van der Waals surface area contributed by atoms with Gasteiger partial charge in [-0.15, -0.1) is 0 Å². The first-order chi connectivity index (χ1) is 32.0. The summed E-state index contributed by atoms with van der Waals surface area (Å²) in [4.78, 5) is 43.9. The standard InChI is InChI=1S/2C23H28N6O4/c2*1-23(15-31)13-16-11-18(26-22(32)17-14-25-29-4-2-3-24-21(17)29)19(12-20(16)33-23)28-7-5-27(6-8-28)9-10-30/h2*2-4,11-12,14,30-31H,5-10,13,15H2,1H3,(H,26,32)/t2*23-/m10/s1. The Hall–Kier alpha value is -6.42. The number of ether oxygens (including phenoxy) is 2. The van der Waals surface area contributed by atoms with Gasteiger partial charge < -0.3 is 50.3 Å². The number of fused-ring (bicyclic) bond motifs is 4. The predicted molar refractivity (Wildman–Crippen MR) is 246 cm³/mol. The number of aliphatic hydroxyl groups is 4. The van der Waals surface area contributed by atoms with Crippen molar-refractivity contribution in [2.45, 2.75) is 37.9 Å². The first kappa shape index (κ1) is 44.8. The van der Waals surface area contributed by atoms with E-state index in [-0.39, 0.29) is 38.2 Å². The van der Waals surface area contributed by atoms with Gasteiger partial charge in [-0.2, -0.15) is 10.2 Å². The minimum absolute atomic E-state index is 0.0907. The second-order valence-electron chi connectivity index (χ2n) is 17.6. The molecule has 6 aromatic rings. The lowest BCUT2D eigenvalue weighted by atomic mass is 9.99. The molecule has 0 radical (unpaired) electrons. The number of aliphatic hydroxyl groups excluding tert-OH is 4. The summed E-state index contributed by atoms with van der Waals surface area (Å²) in [6.07, 6.45) is 10.9. The average molecular weight is 905 g/mol. The lowest BCUT2D eigenvalue weighted by Crippen LogP contribution is -2.47. The summed E-state index contributed by atoms with van der Waals surface area (Å²) >= 11 is 0. The average Bonchev–Trinajstić information content (AvgIpc) is 4.12. The summed E-state index contributed by atoms with van der Waals surface area (Å²) in [6, 6.07) is 11.3. The highest BCUT2D eigenvalue weighted by Crippen LogP contribution is 2.43. The van der Waals surface area contributed by atoms with Crippen LogP contribution in [0.25, 0.3) is 11.3 Å². The lowest BCUT2D eigenvalue weighted by Gasteiger charge is -2.36. The number of anilines is 4. The molecular weight excluding hydrogens is 849 g/mol. The van der Waals surface area contributed by atoms with Gasteiger partial charge in [0, 0.05) is 126 Å². The van der Waals surface area contributed by atoms with E-state index in [1.807, 2.05) is 38.1 Å². The van der Waals surface area contributed by atoms with Gasteiger partial charge in [-0.05, 0) is 38.1 Å². The maximum atomic E-state index is 13.2. The van der Waals surface area contributed by atoms with E-state index in [0.29, 0.717) is 59.7 Å². The van der Waals surface area contributed by atoms with E-state index in [0.717, 1.165) is 86.4 Å². The third-order valence-corrected chi connectivity index (χ3v) is 12.7. The Kier molecular flexibility index (Phi) is 12.8. The Morgan fingerprint density at radius 3 is 1.41 bits per heavy atom. The predicted octanol–water partition coefficient (Wildman–Crippen LogP) is 1.56. The van der Waals surface area contributed by atoms with Crippen LogP contribution in [0.15, 0.2) is 73.6 Å².